The molecule has 0 spiro atoms. The summed E-state index contributed by atoms with van der Waals surface area (Å²) >= 11 is 0. The van der Waals surface area contributed by atoms with Gasteiger partial charge in [0.1, 0.15) is 34.5 Å². The van der Waals surface area contributed by atoms with Crippen molar-refractivity contribution in [2.24, 2.45) is 13.5 Å². The van der Waals surface area contributed by atoms with Gasteiger partial charge in [0.2, 0.25) is 34.9 Å². The molecule has 0 unspecified atom stereocenters. The van der Waals surface area contributed by atoms with Crippen molar-refractivity contribution in [2.75, 3.05) is 0 Å². The van der Waals surface area contributed by atoms with Gasteiger partial charge in [-0.25, -0.2) is 0 Å². The van der Waals surface area contributed by atoms with Gasteiger partial charge >= 0.3 is 23.0 Å². The molecule has 39 nitrogen and oxygen atoms in total. The summed E-state index contributed by atoms with van der Waals surface area (Å²) < 4.78 is 59.6. The van der Waals surface area contributed by atoms with Crippen LogP contribution in [0.2, 0.25) is 0 Å². The molecule has 0 amide bonds. The zero-order valence-electron chi connectivity index (χ0n) is 52.9. The summed E-state index contributed by atoms with van der Waals surface area (Å²) in [6.45, 7) is 1.24. The molecule has 6 aromatic carbocycles. The van der Waals surface area contributed by atoms with Crippen LogP contribution in [0, 0.1) is 68.0 Å². The van der Waals surface area contributed by atoms with Gasteiger partial charge in [-0.1, -0.05) is 13.5 Å². The number of aryl methyl sites for hydroxylation is 6. The Hall–Kier alpha value is -13.8. The summed E-state index contributed by atoms with van der Waals surface area (Å²) in [5.74, 6) is 2.16. The van der Waals surface area contributed by atoms with Crippen molar-refractivity contribution < 1.29 is 27.1 Å². The first-order valence-electron chi connectivity index (χ1n) is 30.6. The lowest BCUT2D eigenvalue weighted by molar-refractivity contribution is 0.443. The largest absolute Gasteiger partial charge is 0.460 e. The number of hydrogen-bond acceptors (Lipinski definition) is 33. The van der Waals surface area contributed by atoms with Crippen molar-refractivity contribution in [3.05, 3.63) is 146 Å². The highest BCUT2D eigenvalue weighted by Crippen LogP contribution is 2.78. The molecule has 0 fully saturated rings. The summed E-state index contributed by atoms with van der Waals surface area (Å²) in [5, 5.41) is 133. The van der Waals surface area contributed by atoms with Crippen LogP contribution in [0.3, 0.4) is 0 Å². The molecule has 1 aliphatic rings. The Balaban J connectivity index is 1.02. The summed E-state index contributed by atoms with van der Waals surface area (Å²) in [4.78, 5) is 7.89. The molecule has 0 radical (unpaired) electrons. The first-order chi connectivity index (χ1) is 50.0. The molecule has 0 N–H and O–H groups in total. The number of benzene rings is 6. The number of hydrogen-bond donors (Lipinski definition) is 0. The van der Waals surface area contributed by atoms with E-state index in [1.165, 1.54) is 28.8 Å². The third kappa shape index (κ3) is 16.2. The summed E-state index contributed by atoms with van der Waals surface area (Å²) in [7, 11) is -14.1. The second kappa shape index (κ2) is 30.7. The van der Waals surface area contributed by atoms with Crippen LogP contribution in [0.5, 0.6) is 34.5 Å². The molecule has 504 valence electrons. The van der Waals surface area contributed by atoms with E-state index in [-0.39, 0.29) is 147 Å². The normalized spacial score (nSPS) is 13.0. The van der Waals surface area contributed by atoms with Crippen LogP contribution in [-0.4, -0.2) is 121 Å². The Kier molecular flexibility index (Phi) is 20.1. The second-order valence-electron chi connectivity index (χ2n) is 21.1. The molecular formula is C60H48N33O6P3. The molecule has 0 aliphatic carbocycles. The molecule has 6 aromatic heterocycles. The fraction of sp³-hybridized carbons (Fsp3) is 0.200. The predicted molar refractivity (Wildman–Crippen MR) is 353 cm³/mol. The van der Waals surface area contributed by atoms with Crippen molar-refractivity contribution in [1.29, 1.82) is 31.6 Å². The van der Waals surface area contributed by atoms with E-state index < -0.39 is 23.0 Å². The van der Waals surface area contributed by atoms with E-state index in [2.05, 4.69) is 129 Å². The number of nitrogens with zero attached hydrogens (tertiary/aromatic N) is 33. The maximum Gasteiger partial charge on any atom is 0.460 e. The van der Waals surface area contributed by atoms with E-state index >= 15 is 0 Å². The minimum absolute atomic E-state index is 0.114. The quantitative estimate of drug-likeness (QED) is 0.0378. The molecule has 1 aliphatic heterocycles. The molecule has 0 bridgehead atoms. The molecule has 13 rings (SSSR count). The van der Waals surface area contributed by atoms with E-state index in [9.17, 15) is 31.6 Å². The maximum atomic E-state index is 9.27. The van der Waals surface area contributed by atoms with Crippen molar-refractivity contribution in [3.63, 3.8) is 0 Å². The number of nitriles is 6. The summed E-state index contributed by atoms with van der Waals surface area (Å²) in [5.41, 5.74) is 3.09. The zero-order chi connectivity index (χ0) is 70.1. The van der Waals surface area contributed by atoms with Crippen LogP contribution < -0.4 is 27.1 Å². The van der Waals surface area contributed by atoms with Gasteiger partial charge in [0.25, 0.3) is 0 Å². The highest BCUT2D eigenvalue weighted by atomic mass is 31.3. The minimum atomic E-state index is -4.69. The van der Waals surface area contributed by atoms with Crippen LogP contribution in [0.4, 0.5) is 0 Å². The lowest BCUT2D eigenvalue weighted by Crippen LogP contribution is -2.11. The van der Waals surface area contributed by atoms with Gasteiger partial charge in [-0.2, -0.15) is 60.4 Å². The van der Waals surface area contributed by atoms with Crippen molar-refractivity contribution in [3.8, 4) is 139 Å². The van der Waals surface area contributed by atoms with E-state index in [1.54, 1.807) is 146 Å². The van der Waals surface area contributed by atoms with E-state index in [4.69, 9.17) is 40.7 Å². The second-order valence-corrected chi connectivity index (χ2v) is 27.3. The van der Waals surface area contributed by atoms with Crippen molar-refractivity contribution in [1.82, 2.24) is 121 Å². The Morgan fingerprint density at radius 3 is 0.520 bits per heavy atom. The summed E-state index contributed by atoms with van der Waals surface area (Å²) in [6, 6.07) is 52.0. The standard InChI is InChI=1S/C60H48N33O6P3/c61-31-1-37-88-73-55(67-79-88)43-7-19-49(20-8-43)94-100(95-50-21-9-44(10-22-50)56-68-80-89(74-56)38-2-32-62)85-101(96-51-23-11-45(12-24-51)57-69-81-90(75-57)39-3-33-63,97-52-25-13-46(14-26-52)58-70-82-91(76-58)40-4-34-64)87-102(86-100,98-53-27-15-47(16-28-53)59-71-83-92(77-59)41-5-35-65)99-54-29-17-48(18-30-54)60-72-84-93(78-60)42-6-36-66/h7-30H,1-6,37-42H2. The van der Waals surface area contributed by atoms with Crippen molar-refractivity contribution in [2.45, 2.75) is 77.8 Å². The highest BCUT2D eigenvalue weighted by molar-refractivity contribution is 7.79. The van der Waals surface area contributed by atoms with E-state index in [0.29, 0.717) is 33.4 Å². The average molecular weight is 1420 g/mol. The molecule has 12 aromatic rings. The molecule has 42 heteroatoms. The lowest BCUT2D eigenvalue weighted by Gasteiger charge is -2.33. The third-order valence-electron chi connectivity index (χ3n) is 14.0. The predicted octanol–water partition coefficient (Wildman–Crippen LogP) is 9.72. The first kappa shape index (κ1) is 66.8. The fourth-order valence-corrected chi connectivity index (χ4v) is 18.3. The Morgan fingerprint density at radius 1 is 0.235 bits per heavy atom. The molecular weight excluding hydrogens is 1370 g/mol. The van der Waals surface area contributed by atoms with Gasteiger partial charge in [0, 0.05) is 33.4 Å². The van der Waals surface area contributed by atoms with Gasteiger partial charge in [-0.3, -0.25) is 0 Å². The molecule has 0 saturated heterocycles. The Bertz CT molecular complexity index is 4530. The smallest absolute Gasteiger partial charge is 0.413 e. The van der Waals surface area contributed by atoms with Crippen LogP contribution in [-0.2, 0) is 39.3 Å². The number of rotatable bonds is 30. The van der Waals surface area contributed by atoms with Crippen LogP contribution in [0.15, 0.2) is 159 Å². The molecule has 0 saturated carbocycles. The fourth-order valence-electron chi connectivity index (χ4n) is 9.19. The van der Waals surface area contributed by atoms with Crippen molar-refractivity contribution >= 4 is 23.0 Å². The Morgan fingerprint density at radius 2 is 0.382 bits per heavy atom. The van der Waals surface area contributed by atoms with Gasteiger partial charge in [-0.05, 0) is 177 Å². The van der Waals surface area contributed by atoms with Gasteiger partial charge < -0.3 is 27.1 Å². The minimum Gasteiger partial charge on any atom is -0.413 e. The number of aromatic nitrogens is 24. The average Bonchev–Trinajstić information content (AvgIpc) is 0.829. The van der Waals surface area contributed by atoms with Crippen LogP contribution >= 0.6 is 23.0 Å². The van der Waals surface area contributed by atoms with Crippen LogP contribution in [0.25, 0.3) is 68.3 Å². The maximum absolute atomic E-state index is 9.27. The zero-order valence-corrected chi connectivity index (χ0v) is 55.6. The van der Waals surface area contributed by atoms with Gasteiger partial charge in [0.05, 0.1) is 114 Å². The SMILES string of the molecule is N#CCCn1nnc(-c2ccc(OP3(Oc4ccc(-c5nnn(CCC#N)n5)cc4)=NP(Oc4ccc(-c5nnn(CCC#N)n5)cc4)(Oc4ccc(-c5nnn(CCC#N)n5)cc4)=NP(Oc4ccc(-c5nnn(CCC#N)n5)cc4)(Oc4ccc(-c5nnn(CCC#N)n5)cc4)=N3)cc2)n1. The van der Waals surface area contributed by atoms with Crippen LogP contribution in [0.1, 0.15) is 38.5 Å². The molecule has 7 heterocycles. The van der Waals surface area contributed by atoms with Gasteiger partial charge in [-0.15, -0.1) is 61.2 Å². The lowest BCUT2D eigenvalue weighted by atomic mass is 10.2. The van der Waals surface area contributed by atoms with E-state index in [0.717, 1.165) is 0 Å². The molecule has 0 atom stereocenters. The Labute approximate surface area is 576 Å². The third-order valence-corrected chi connectivity index (χ3v) is 22.1. The summed E-state index contributed by atoms with van der Waals surface area (Å²) in [6.07, 6.45) is 0.906. The van der Waals surface area contributed by atoms with E-state index in [1.807, 2.05) is 0 Å². The topological polar surface area (TPSA) is 497 Å². The monoisotopic (exact) mass is 1420 g/mol. The number of tetrazole rings is 6. The first-order valence-corrected chi connectivity index (χ1v) is 35.2. The molecule has 102 heavy (non-hydrogen) atoms. The highest BCUT2D eigenvalue weighted by Gasteiger charge is 2.49. The van der Waals surface area contributed by atoms with Gasteiger partial charge in [0.15, 0.2) is 0 Å².